The number of carbonyl (C=O) groups excluding carboxylic acids is 1. The second-order valence-electron chi connectivity index (χ2n) is 7.60. The SMILES string of the molecule is CCC[C@@H](NC(=O)[C@H](C)[NH+]1CCN(c2ccc(F)cc2)CC1)c1ccccc1. The van der Waals surface area contributed by atoms with Crippen LogP contribution in [0, 0.1) is 5.82 Å². The number of carbonyl (C=O) groups is 1. The highest BCUT2D eigenvalue weighted by atomic mass is 19.1. The summed E-state index contributed by atoms with van der Waals surface area (Å²) < 4.78 is 13.1. The Morgan fingerprint density at radius 2 is 1.75 bits per heavy atom. The van der Waals surface area contributed by atoms with Gasteiger partial charge < -0.3 is 15.1 Å². The molecule has 1 saturated heterocycles. The van der Waals surface area contributed by atoms with Gasteiger partial charge >= 0.3 is 0 Å². The van der Waals surface area contributed by atoms with Gasteiger partial charge in [0.1, 0.15) is 5.82 Å². The number of nitrogens with one attached hydrogen (secondary N) is 2. The molecule has 0 aromatic heterocycles. The van der Waals surface area contributed by atoms with Crippen molar-refractivity contribution in [3.63, 3.8) is 0 Å². The van der Waals surface area contributed by atoms with E-state index in [0.29, 0.717) is 0 Å². The van der Waals surface area contributed by atoms with Crippen LogP contribution < -0.4 is 15.1 Å². The van der Waals surface area contributed by atoms with Crippen molar-refractivity contribution in [2.24, 2.45) is 0 Å². The number of quaternary nitrogens is 1. The van der Waals surface area contributed by atoms with E-state index in [1.165, 1.54) is 22.6 Å². The number of amides is 1. The Bertz CT molecular complexity index is 742. The van der Waals surface area contributed by atoms with Crippen molar-refractivity contribution >= 4 is 11.6 Å². The molecule has 2 N–H and O–H groups in total. The molecule has 2 aromatic carbocycles. The van der Waals surface area contributed by atoms with Crippen LogP contribution in [-0.2, 0) is 4.79 Å². The molecule has 2 aromatic rings. The van der Waals surface area contributed by atoms with Gasteiger partial charge in [0.15, 0.2) is 6.04 Å². The highest BCUT2D eigenvalue weighted by molar-refractivity contribution is 5.80. The zero-order valence-electron chi connectivity index (χ0n) is 16.8. The monoisotopic (exact) mass is 384 g/mol. The lowest BCUT2D eigenvalue weighted by Crippen LogP contribution is -3.19. The topological polar surface area (TPSA) is 36.8 Å². The fourth-order valence-electron chi connectivity index (χ4n) is 3.92. The van der Waals surface area contributed by atoms with Crippen molar-refractivity contribution in [2.75, 3.05) is 31.1 Å². The third-order valence-corrected chi connectivity index (χ3v) is 5.70. The van der Waals surface area contributed by atoms with Crippen LogP contribution >= 0.6 is 0 Å². The smallest absolute Gasteiger partial charge is 0.278 e. The highest BCUT2D eigenvalue weighted by Crippen LogP contribution is 2.18. The first kappa shape index (κ1) is 20.3. The molecule has 0 aliphatic carbocycles. The van der Waals surface area contributed by atoms with Crippen molar-refractivity contribution in [3.8, 4) is 0 Å². The van der Waals surface area contributed by atoms with Crippen LogP contribution in [0.25, 0.3) is 0 Å². The number of benzene rings is 2. The molecule has 2 atom stereocenters. The van der Waals surface area contributed by atoms with E-state index in [2.05, 4.69) is 29.3 Å². The van der Waals surface area contributed by atoms with E-state index in [1.807, 2.05) is 37.3 Å². The van der Waals surface area contributed by atoms with E-state index in [0.717, 1.165) is 44.7 Å². The number of nitrogens with zero attached hydrogens (tertiary/aromatic N) is 1. The average molecular weight is 385 g/mol. The molecule has 3 rings (SSSR count). The minimum atomic E-state index is -0.210. The molecule has 0 bridgehead atoms. The summed E-state index contributed by atoms with van der Waals surface area (Å²) in [5.74, 6) is -0.0918. The summed E-state index contributed by atoms with van der Waals surface area (Å²) in [5.41, 5.74) is 2.21. The third-order valence-electron chi connectivity index (χ3n) is 5.70. The second-order valence-corrected chi connectivity index (χ2v) is 7.60. The quantitative estimate of drug-likeness (QED) is 0.770. The fourth-order valence-corrected chi connectivity index (χ4v) is 3.92. The van der Waals surface area contributed by atoms with Crippen LogP contribution in [0.1, 0.15) is 38.3 Å². The molecule has 0 unspecified atom stereocenters. The van der Waals surface area contributed by atoms with Crippen molar-refractivity contribution in [2.45, 2.75) is 38.8 Å². The van der Waals surface area contributed by atoms with Gasteiger partial charge in [-0.15, -0.1) is 0 Å². The summed E-state index contributed by atoms with van der Waals surface area (Å²) >= 11 is 0. The number of piperazine rings is 1. The predicted octanol–water partition coefficient (Wildman–Crippen LogP) is 2.58. The number of rotatable bonds is 7. The maximum absolute atomic E-state index is 13.1. The Morgan fingerprint density at radius 1 is 1.11 bits per heavy atom. The average Bonchev–Trinajstić information content (AvgIpc) is 2.74. The maximum atomic E-state index is 13.1. The molecule has 28 heavy (non-hydrogen) atoms. The summed E-state index contributed by atoms with van der Waals surface area (Å²) in [6.45, 7) is 7.70. The van der Waals surface area contributed by atoms with Crippen LogP contribution in [-0.4, -0.2) is 38.1 Å². The Morgan fingerprint density at radius 3 is 2.36 bits per heavy atom. The van der Waals surface area contributed by atoms with Crippen LogP contribution in [0.15, 0.2) is 54.6 Å². The molecule has 4 nitrogen and oxygen atoms in total. The van der Waals surface area contributed by atoms with Crippen LogP contribution in [0.2, 0.25) is 0 Å². The van der Waals surface area contributed by atoms with Gasteiger partial charge in [-0.1, -0.05) is 43.7 Å². The molecular formula is C23H31FN3O+. The Labute approximate surface area is 167 Å². The van der Waals surface area contributed by atoms with Crippen LogP contribution in [0.3, 0.4) is 0 Å². The van der Waals surface area contributed by atoms with Gasteiger partial charge in [0.2, 0.25) is 0 Å². The zero-order valence-corrected chi connectivity index (χ0v) is 16.8. The molecule has 0 saturated carbocycles. The molecule has 150 valence electrons. The first-order valence-electron chi connectivity index (χ1n) is 10.3. The normalized spacial score (nSPS) is 17.2. The lowest BCUT2D eigenvalue weighted by Gasteiger charge is -2.36. The lowest BCUT2D eigenvalue weighted by molar-refractivity contribution is -0.914. The second kappa shape index (κ2) is 9.69. The van der Waals surface area contributed by atoms with E-state index in [-0.39, 0.29) is 23.8 Å². The molecule has 1 heterocycles. The van der Waals surface area contributed by atoms with Crippen molar-refractivity contribution in [1.29, 1.82) is 0 Å². The van der Waals surface area contributed by atoms with Gasteiger partial charge in [-0.05, 0) is 43.2 Å². The summed E-state index contributed by atoms with van der Waals surface area (Å²) in [7, 11) is 0. The Hall–Kier alpha value is -2.40. The first-order valence-corrected chi connectivity index (χ1v) is 10.3. The van der Waals surface area contributed by atoms with Crippen molar-refractivity contribution in [1.82, 2.24) is 5.32 Å². The molecular weight excluding hydrogens is 353 g/mol. The van der Waals surface area contributed by atoms with Gasteiger partial charge in [-0.25, -0.2) is 4.39 Å². The summed E-state index contributed by atoms with van der Waals surface area (Å²) in [6, 6.07) is 16.9. The van der Waals surface area contributed by atoms with Gasteiger partial charge in [0.05, 0.1) is 32.2 Å². The molecule has 1 aliphatic rings. The molecule has 0 radical (unpaired) electrons. The highest BCUT2D eigenvalue weighted by Gasteiger charge is 2.30. The van der Waals surface area contributed by atoms with E-state index >= 15 is 0 Å². The predicted molar refractivity (Wildman–Crippen MR) is 111 cm³/mol. The summed E-state index contributed by atoms with van der Waals surface area (Å²) in [6.07, 6.45) is 1.97. The molecule has 1 amide bonds. The van der Waals surface area contributed by atoms with E-state index in [4.69, 9.17) is 0 Å². The Kier molecular flexibility index (Phi) is 7.04. The number of hydrogen-bond acceptors (Lipinski definition) is 2. The van der Waals surface area contributed by atoms with E-state index < -0.39 is 0 Å². The van der Waals surface area contributed by atoms with Gasteiger partial charge in [-0.2, -0.15) is 0 Å². The fraction of sp³-hybridized carbons (Fsp3) is 0.435. The standard InChI is InChI=1S/C23H30FN3O/c1-3-7-22(19-8-5-4-6-9-19)25-23(28)18(2)26-14-16-27(17-15-26)21-12-10-20(24)11-13-21/h4-6,8-13,18,22H,3,7,14-17H2,1-2H3,(H,25,28)/p+1/t18-,22+/m0/s1. The number of halogens is 1. The minimum Gasteiger partial charge on any atom is -0.360 e. The summed E-state index contributed by atoms with van der Waals surface area (Å²) in [5, 5.41) is 3.27. The molecule has 5 heteroatoms. The van der Waals surface area contributed by atoms with Crippen LogP contribution in [0.5, 0.6) is 0 Å². The van der Waals surface area contributed by atoms with Crippen LogP contribution in [0.4, 0.5) is 10.1 Å². The largest absolute Gasteiger partial charge is 0.360 e. The van der Waals surface area contributed by atoms with Gasteiger partial charge in [0.25, 0.3) is 5.91 Å². The van der Waals surface area contributed by atoms with Crippen molar-refractivity contribution in [3.05, 3.63) is 66.0 Å². The third kappa shape index (κ3) is 5.10. The number of anilines is 1. The lowest BCUT2D eigenvalue weighted by atomic mass is 10.0. The van der Waals surface area contributed by atoms with Crippen molar-refractivity contribution < 1.29 is 14.1 Å². The minimum absolute atomic E-state index is 0.0704. The maximum Gasteiger partial charge on any atom is 0.278 e. The van der Waals surface area contributed by atoms with Gasteiger partial charge in [-0.3, -0.25) is 4.79 Å². The zero-order chi connectivity index (χ0) is 19.9. The molecule has 1 fully saturated rings. The molecule has 1 aliphatic heterocycles. The van der Waals surface area contributed by atoms with Gasteiger partial charge in [0, 0.05) is 5.69 Å². The number of hydrogen-bond donors (Lipinski definition) is 2. The van der Waals surface area contributed by atoms with E-state index in [1.54, 1.807) is 0 Å². The first-order chi connectivity index (χ1) is 13.6. The Balaban J connectivity index is 1.55. The molecule has 0 spiro atoms. The van der Waals surface area contributed by atoms with E-state index in [9.17, 15) is 9.18 Å². The summed E-state index contributed by atoms with van der Waals surface area (Å²) in [4.78, 5) is 16.5.